The van der Waals surface area contributed by atoms with E-state index in [2.05, 4.69) is 11.4 Å². The average Bonchev–Trinajstić information content (AvgIpc) is 2.54. The topological polar surface area (TPSA) is 79.2 Å². The van der Waals surface area contributed by atoms with Gasteiger partial charge in [-0.3, -0.25) is 4.79 Å². The minimum atomic E-state index is -0.939. The van der Waals surface area contributed by atoms with E-state index in [1.807, 2.05) is 19.9 Å². The van der Waals surface area contributed by atoms with E-state index >= 15 is 0 Å². The number of nitriles is 1. The quantitative estimate of drug-likeness (QED) is 0.861. The number of ether oxygens (including phenoxy) is 1. The maximum absolute atomic E-state index is 12.3. The second kappa shape index (κ2) is 7.48. The van der Waals surface area contributed by atoms with Crippen LogP contribution >= 0.6 is 0 Å². The highest BCUT2D eigenvalue weighted by Crippen LogP contribution is 2.27. The summed E-state index contributed by atoms with van der Waals surface area (Å²) >= 11 is 0. The van der Waals surface area contributed by atoms with Crippen LogP contribution in [0, 0.1) is 25.2 Å². The van der Waals surface area contributed by atoms with Crippen molar-refractivity contribution in [2.24, 2.45) is 0 Å². The number of carbonyl (C=O) groups excluding carboxylic acids is 2. The van der Waals surface area contributed by atoms with Gasteiger partial charge in [-0.1, -0.05) is 36.5 Å². The van der Waals surface area contributed by atoms with Crippen molar-refractivity contribution in [1.29, 1.82) is 5.26 Å². The summed E-state index contributed by atoms with van der Waals surface area (Å²) in [5, 5.41) is 12.2. The molecule has 1 aromatic rings. The molecule has 1 N–H and O–H groups in total. The average molecular weight is 328 g/mol. The Morgan fingerprint density at radius 3 is 2.29 bits per heavy atom. The normalized spacial score (nSPS) is 17.4. The summed E-state index contributed by atoms with van der Waals surface area (Å²) in [5.41, 5.74) is 1.53. The molecular formula is C19H24N2O3. The second-order valence-electron chi connectivity index (χ2n) is 6.67. The first kappa shape index (κ1) is 18.0. The molecule has 0 saturated heterocycles. The molecule has 24 heavy (non-hydrogen) atoms. The first-order chi connectivity index (χ1) is 11.3. The Kier molecular flexibility index (Phi) is 5.61. The van der Waals surface area contributed by atoms with Crippen molar-refractivity contribution in [2.75, 3.05) is 0 Å². The van der Waals surface area contributed by atoms with E-state index in [0.717, 1.165) is 30.4 Å². The van der Waals surface area contributed by atoms with Gasteiger partial charge < -0.3 is 10.1 Å². The van der Waals surface area contributed by atoms with Crippen molar-refractivity contribution in [2.45, 2.75) is 64.5 Å². The number of esters is 1. The molecule has 1 fully saturated rings. The smallest absolute Gasteiger partial charge is 0.338 e. The van der Waals surface area contributed by atoms with Crippen LogP contribution < -0.4 is 5.32 Å². The molecule has 5 nitrogen and oxygen atoms in total. The molecule has 0 radical (unpaired) electrons. The minimum absolute atomic E-state index is 0.420. The first-order valence-electron chi connectivity index (χ1n) is 8.38. The number of aryl methyl sites for hydroxylation is 2. The van der Waals surface area contributed by atoms with E-state index in [-0.39, 0.29) is 0 Å². The zero-order chi connectivity index (χ0) is 17.7. The standard InChI is InChI=1S/C19H24N2O3/c1-13-9-14(2)11-16(10-13)18(23)24-15(3)17(22)21-19(12-20)7-5-4-6-8-19/h9-11,15H,4-8H2,1-3H3,(H,21,22). The van der Waals surface area contributed by atoms with Crippen LogP contribution in [0.4, 0.5) is 0 Å². The van der Waals surface area contributed by atoms with Crippen molar-refractivity contribution in [3.05, 3.63) is 34.9 Å². The fraction of sp³-hybridized carbons (Fsp3) is 0.526. The molecule has 1 saturated carbocycles. The number of rotatable bonds is 4. The third kappa shape index (κ3) is 4.35. The minimum Gasteiger partial charge on any atom is -0.449 e. The van der Waals surface area contributed by atoms with Gasteiger partial charge in [0.15, 0.2) is 6.10 Å². The van der Waals surface area contributed by atoms with Gasteiger partial charge in [-0.25, -0.2) is 4.79 Å². The van der Waals surface area contributed by atoms with E-state index < -0.39 is 23.5 Å². The molecular weight excluding hydrogens is 304 g/mol. The van der Waals surface area contributed by atoms with Crippen LogP contribution in [-0.4, -0.2) is 23.5 Å². The predicted octanol–water partition coefficient (Wildman–Crippen LogP) is 3.19. The summed E-state index contributed by atoms with van der Waals surface area (Å²) in [7, 11) is 0. The zero-order valence-electron chi connectivity index (χ0n) is 14.5. The van der Waals surface area contributed by atoms with Gasteiger partial charge in [-0.05, 0) is 45.7 Å². The molecule has 1 amide bonds. The summed E-state index contributed by atoms with van der Waals surface area (Å²) < 4.78 is 5.28. The Morgan fingerprint density at radius 2 is 1.75 bits per heavy atom. The number of hydrogen-bond acceptors (Lipinski definition) is 4. The summed E-state index contributed by atoms with van der Waals surface area (Å²) in [6.45, 7) is 5.34. The van der Waals surface area contributed by atoms with E-state index in [1.54, 1.807) is 12.1 Å². The number of hydrogen-bond donors (Lipinski definition) is 1. The molecule has 128 valence electrons. The zero-order valence-corrected chi connectivity index (χ0v) is 14.5. The molecule has 2 rings (SSSR count). The largest absolute Gasteiger partial charge is 0.449 e. The van der Waals surface area contributed by atoms with E-state index in [9.17, 15) is 14.9 Å². The van der Waals surface area contributed by atoms with Crippen molar-refractivity contribution in [3.8, 4) is 6.07 Å². The van der Waals surface area contributed by atoms with Crippen LogP contribution in [0.5, 0.6) is 0 Å². The Morgan fingerprint density at radius 1 is 1.17 bits per heavy atom. The maximum atomic E-state index is 12.3. The Bertz CT molecular complexity index is 649. The first-order valence-corrected chi connectivity index (χ1v) is 8.38. The Hall–Kier alpha value is -2.35. The van der Waals surface area contributed by atoms with Gasteiger partial charge in [-0.15, -0.1) is 0 Å². The van der Waals surface area contributed by atoms with Crippen molar-refractivity contribution < 1.29 is 14.3 Å². The summed E-state index contributed by atoms with van der Waals surface area (Å²) in [6.07, 6.45) is 3.27. The lowest BCUT2D eigenvalue weighted by molar-refractivity contribution is -0.130. The fourth-order valence-corrected chi connectivity index (χ4v) is 3.13. The highest BCUT2D eigenvalue weighted by atomic mass is 16.5. The summed E-state index contributed by atoms with van der Waals surface area (Å²) in [6, 6.07) is 7.66. The van der Waals surface area contributed by atoms with E-state index in [4.69, 9.17) is 4.74 Å². The van der Waals surface area contributed by atoms with Crippen LogP contribution in [0.15, 0.2) is 18.2 Å². The third-order valence-electron chi connectivity index (χ3n) is 4.39. The molecule has 1 aromatic carbocycles. The molecule has 1 atom stereocenters. The lowest BCUT2D eigenvalue weighted by Gasteiger charge is -2.32. The molecule has 1 aliphatic carbocycles. The summed E-state index contributed by atoms with van der Waals surface area (Å²) in [4.78, 5) is 24.6. The number of carbonyl (C=O) groups is 2. The van der Waals surface area contributed by atoms with Crippen LogP contribution in [0.2, 0.25) is 0 Å². The molecule has 1 unspecified atom stereocenters. The molecule has 1 aliphatic rings. The third-order valence-corrected chi connectivity index (χ3v) is 4.39. The maximum Gasteiger partial charge on any atom is 0.338 e. The summed E-state index contributed by atoms with van der Waals surface area (Å²) in [5.74, 6) is -0.949. The van der Waals surface area contributed by atoms with Crippen molar-refractivity contribution in [1.82, 2.24) is 5.32 Å². The molecule has 0 heterocycles. The fourth-order valence-electron chi connectivity index (χ4n) is 3.13. The number of nitrogens with one attached hydrogen (secondary N) is 1. The Balaban J connectivity index is 2.00. The van der Waals surface area contributed by atoms with Crippen LogP contribution in [-0.2, 0) is 9.53 Å². The highest BCUT2D eigenvalue weighted by Gasteiger charge is 2.35. The van der Waals surface area contributed by atoms with Crippen molar-refractivity contribution >= 4 is 11.9 Å². The predicted molar refractivity (Wildman–Crippen MR) is 90.4 cm³/mol. The van der Waals surface area contributed by atoms with Gasteiger partial charge in [0, 0.05) is 0 Å². The second-order valence-corrected chi connectivity index (χ2v) is 6.67. The van der Waals surface area contributed by atoms with Gasteiger partial charge in [-0.2, -0.15) is 5.26 Å². The van der Waals surface area contributed by atoms with Gasteiger partial charge in [0.1, 0.15) is 5.54 Å². The van der Waals surface area contributed by atoms with E-state index in [1.165, 1.54) is 6.92 Å². The van der Waals surface area contributed by atoms with Gasteiger partial charge in [0.05, 0.1) is 11.6 Å². The van der Waals surface area contributed by atoms with Gasteiger partial charge in [0.25, 0.3) is 5.91 Å². The molecule has 0 aromatic heterocycles. The molecule has 5 heteroatoms. The van der Waals surface area contributed by atoms with Gasteiger partial charge >= 0.3 is 5.97 Å². The number of nitrogens with zero attached hydrogens (tertiary/aromatic N) is 1. The van der Waals surface area contributed by atoms with E-state index in [0.29, 0.717) is 18.4 Å². The molecule has 0 spiro atoms. The number of benzene rings is 1. The van der Waals surface area contributed by atoms with Crippen LogP contribution in [0.1, 0.15) is 60.5 Å². The molecule has 0 aliphatic heterocycles. The van der Waals surface area contributed by atoms with Gasteiger partial charge in [0.2, 0.25) is 0 Å². The Labute approximate surface area is 143 Å². The highest BCUT2D eigenvalue weighted by molar-refractivity contribution is 5.92. The van der Waals surface area contributed by atoms with Crippen LogP contribution in [0.25, 0.3) is 0 Å². The number of amides is 1. The molecule has 0 bridgehead atoms. The SMILES string of the molecule is Cc1cc(C)cc(C(=O)OC(C)C(=O)NC2(C#N)CCCCC2)c1. The van der Waals surface area contributed by atoms with Crippen molar-refractivity contribution in [3.63, 3.8) is 0 Å². The monoisotopic (exact) mass is 328 g/mol. The lowest BCUT2D eigenvalue weighted by atomic mass is 9.83. The lowest BCUT2D eigenvalue weighted by Crippen LogP contribution is -2.52. The van der Waals surface area contributed by atoms with Crippen LogP contribution in [0.3, 0.4) is 0 Å².